The second kappa shape index (κ2) is 5.07. The second-order valence-electron chi connectivity index (χ2n) is 4.21. The summed E-state index contributed by atoms with van der Waals surface area (Å²) >= 11 is 5.94. The summed E-state index contributed by atoms with van der Waals surface area (Å²) in [5.74, 6) is 1.12. The number of aromatic nitrogens is 4. The molecule has 7 heteroatoms. The number of aliphatic hydroxyl groups excluding tert-OH is 1. The zero-order chi connectivity index (χ0) is 13.2. The third kappa shape index (κ3) is 2.26. The number of halogens is 1. The van der Waals surface area contributed by atoms with Gasteiger partial charge in [0.15, 0.2) is 0 Å². The predicted molar refractivity (Wildman–Crippen MR) is 69.8 cm³/mol. The van der Waals surface area contributed by atoms with Crippen molar-refractivity contribution in [2.75, 3.05) is 11.9 Å². The van der Waals surface area contributed by atoms with E-state index in [4.69, 9.17) is 11.6 Å². The molecule has 0 aromatic carbocycles. The quantitative estimate of drug-likeness (QED) is 0.809. The molecule has 6 nitrogen and oxygen atoms in total. The zero-order valence-electron chi connectivity index (χ0n) is 10.4. The Morgan fingerprint density at radius 1 is 1.44 bits per heavy atom. The molecule has 0 radical (unpaired) electrons. The van der Waals surface area contributed by atoms with E-state index in [0.717, 1.165) is 12.8 Å². The highest BCUT2D eigenvalue weighted by Gasteiger charge is 2.26. The minimum atomic E-state index is -0.385. The van der Waals surface area contributed by atoms with E-state index in [1.165, 1.54) is 6.33 Å². The van der Waals surface area contributed by atoms with Gasteiger partial charge in [0.05, 0.1) is 12.1 Å². The minimum Gasteiger partial charge on any atom is -0.394 e. The summed E-state index contributed by atoms with van der Waals surface area (Å²) in [7, 11) is 0. The highest BCUT2D eigenvalue weighted by atomic mass is 35.5. The molecule has 0 bridgehead atoms. The van der Waals surface area contributed by atoms with Gasteiger partial charge in [0, 0.05) is 6.07 Å². The molecule has 18 heavy (non-hydrogen) atoms. The summed E-state index contributed by atoms with van der Waals surface area (Å²) in [5.41, 5.74) is -0.385. The van der Waals surface area contributed by atoms with E-state index in [-0.39, 0.29) is 12.1 Å². The van der Waals surface area contributed by atoms with E-state index in [1.807, 2.05) is 13.8 Å². The van der Waals surface area contributed by atoms with Gasteiger partial charge in [-0.05, 0) is 12.8 Å². The van der Waals surface area contributed by atoms with Crippen LogP contribution in [0.1, 0.15) is 26.7 Å². The first kappa shape index (κ1) is 13.0. The lowest BCUT2D eigenvalue weighted by Crippen LogP contribution is -2.41. The van der Waals surface area contributed by atoms with E-state index in [2.05, 4.69) is 20.4 Å². The van der Waals surface area contributed by atoms with Crippen LogP contribution in [0, 0.1) is 0 Å². The fourth-order valence-corrected chi connectivity index (χ4v) is 2.01. The first-order valence-electron chi connectivity index (χ1n) is 5.89. The number of nitrogens with one attached hydrogen (secondary N) is 1. The van der Waals surface area contributed by atoms with Gasteiger partial charge in [-0.1, -0.05) is 25.4 Å². The van der Waals surface area contributed by atoms with E-state index in [1.54, 1.807) is 10.6 Å². The molecule has 0 saturated heterocycles. The van der Waals surface area contributed by atoms with Crippen molar-refractivity contribution >= 4 is 23.2 Å². The van der Waals surface area contributed by atoms with Crippen molar-refractivity contribution in [3.05, 3.63) is 17.5 Å². The van der Waals surface area contributed by atoms with Gasteiger partial charge >= 0.3 is 0 Å². The molecule has 2 rings (SSSR count). The van der Waals surface area contributed by atoms with E-state index in [9.17, 15) is 5.11 Å². The predicted octanol–water partition coefficient (Wildman–Crippen LogP) is 1.74. The van der Waals surface area contributed by atoms with Crippen LogP contribution in [0.25, 0.3) is 5.78 Å². The molecular weight excluding hydrogens is 254 g/mol. The van der Waals surface area contributed by atoms with E-state index < -0.39 is 0 Å². The molecule has 2 heterocycles. The lowest BCUT2D eigenvalue weighted by Gasteiger charge is -2.31. The Hall–Kier alpha value is -1.40. The molecule has 0 spiro atoms. The standard InChI is InChI=1S/C11H16ClN5O/c1-3-11(4-2,6-18)16-9-5-8(12)15-10-13-7-14-17(9)10/h5,7,16,18H,3-4,6H2,1-2H3. The maximum atomic E-state index is 9.57. The molecule has 0 fully saturated rings. The lowest BCUT2D eigenvalue weighted by molar-refractivity contribution is 0.202. The maximum absolute atomic E-state index is 9.57. The average molecular weight is 270 g/mol. The fourth-order valence-electron chi connectivity index (χ4n) is 1.83. The normalized spacial score (nSPS) is 12.0. The molecule has 0 aliphatic heterocycles. The number of hydrogen-bond donors (Lipinski definition) is 2. The highest BCUT2D eigenvalue weighted by molar-refractivity contribution is 6.29. The van der Waals surface area contributed by atoms with Crippen LogP contribution >= 0.6 is 11.6 Å². The van der Waals surface area contributed by atoms with Crippen LogP contribution in [0.2, 0.25) is 5.15 Å². The van der Waals surface area contributed by atoms with E-state index in [0.29, 0.717) is 16.7 Å². The van der Waals surface area contributed by atoms with Crippen molar-refractivity contribution in [3.8, 4) is 0 Å². The Labute approximate surface area is 110 Å². The minimum absolute atomic E-state index is 0.0378. The van der Waals surface area contributed by atoms with Crippen LogP contribution < -0.4 is 5.32 Å². The summed E-state index contributed by atoms with van der Waals surface area (Å²) in [6, 6.07) is 1.68. The van der Waals surface area contributed by atoms with Crippen LogP contribution in [0.5, 0.6) is 0 Å². The SMILES string of the molecule is CCC(CC)(CO)Nc1cc(Cl)nc2ncnn12. The number of anilines is 1. The van der Waals surface area contributed by atoms with Crippen LogP contribution in [0.3, 0.4) is 0 Å². The third-order valence-electron chi connectivity index (χ3n) is 3.27. The first-order chi connectivity index (χ1) is 8.64. The molecule has 2 aromatic rings. The Morgan fingerprint density at radius 3 is 2.78 bits per heavy atom. The largest absolute Gasteiger partial charge is 0.394 e. The van der Waals surface area contributed by atoms with Crippen LogP contribution in [0.15, 0.2) is 12.4 Å². The van der Waals surface area contributed by atoms with Crippen molar-refractivity contribution < 1.29 is 5.11 Å². The topological polar surface area (TPSA) is 75.3 Å². The van der Waals surface area contributed by atoms with Gasteiger partial charge in [0.25, 0.3) is 5.78 Å². The molecule has 2 N–H and O–H groups in total. The van der Waals surface area contributed by atoms with Gasteiger partial charge in [-0.2, -0.15) is 19.6 Å². The van der Waals surface area contributed by atoms with Gasteiger partial charge in [0.2, 0.25) is 0 Å². The van der Waals surface area contributed by atoms with Gasteiger partial charge in [-0.25, -0.2) is 0 Å². The number of fused-ring (bicyclic) bond motifs is 1. The van der Waals surface area contributed by atoms with Gasteiger partial charge < -0.3 is 10.4 Å². The van der Waals surface area contributed by atoms with Crippen LogP contribution in [-0.2, 0) is 0 Å². The molecule has 0 unspecified atom stereocenters. The van der Waals surface area contributed by atoms with E-state index >= 15 is 0 Å². The monoisotopic (exact) mass is 269 g/mol. The smallest absolute Gasteiger partial charge is 0.255 e. The molecule has 98 valence electrons. The number of hydrogen-bond acceptors (Lipinski definition) is 5. The lowest BCUT2D eigenvalue weighted by atomic mass is 9.94. The molecule has 0 aliphatic rings. The average Bonchev–Trinajstić information content (AvgIpc) is 2.84. The van der Waals surface area contributed by atoms with Gasteiger partial charge in [0.1, 0.15) is 17.3 Å². The molecule has 0 aliphatic carbocycles. The highest BCUT2D eigenvalue weighted by Crippen LogP contribution is 2.23. The second-order valence-corrected chi connectivity index (χ2v) is 4.59. The molecule has 0 saturated carbocycles. The van der Waals surface area contributed by atoms with Crippen molar-refractivity contribution in [3.63, 3.8) is 0 Å². The summed E-state index contributed by atoms with van der Waals surface area (Å²) in [6.45, 7) is 4.08. The molecule has 0 amide bonds. The van der Waals surface area contributed by atoms with Crippen molar-refractivity contribution in [2.45, 2.75) is 32.2 Å². The Morgan fingerprint density at radius 2 is 2.17 bits per heavy atom. The number of aliphatic hydroxyl groups is 1. The Balaban J connectivity index is 2.44. The Bertz CT molecular complexity index is 529. The van der Waals surface area contributed by atoms with Crippen LogP contribution in [0.4, 0.5) is 5.82 Å². The fraction of sp³-hybridized carbons (Fsp3) is 0.545. The molecule has 0 atom stereocenters. The number of nitrogens with zero attached hydrogens (tertiary/aromatic N) is 4. The van der Waals surface area contributed by atoms with Gasteiger partial charge in [-0.3, -0.25) is 0 Å². The summed E-state index contributed by atoms with van der Waals surface area (Å²) in [6.07, 6.45) is 2.99. The molecule has 2 aromatic heterocycles. The van der Waals surface area contributed by atoms with Crippen molar-refractivity contribution in [1.29, 1.82) is 0 Å². The molecular formula is C11H16ClN5O. The zero-order valence-corrected chi connectivity index (χ0v) is 11.1. The maximum Gasteiger partial charge on any atom is 0.255 e. The summed E-state index contributed by atoms with van der Waals surface area (Å²) in [4.78, 5) is 8.06. The van der Waals surface area contributed by atoms with Crippen LogP contribution in [-0.4, -0.2) is 36.8 Å². The first-order valence-corrected chi connectivity index (χ1v) is 6.27. The summed E-state index contributed by atoms with van der Waals surface area (Å²) < 4.78 is 1.57. The summed E-state index contributed by atoms with van der Waals surface area (Å²) in [5, 5.41) is 17.3. The van der Waals surface area contributed by atoms with Gasteiger partial charge in [-0.15, -0.1) is 0 Å². The third-order valence-corrected chi connectivity index (χ3v) is 3.46. The Kier molecular flexibility index (Phi) is 3.68. The number of rotatable bonds is 5. The van der Waals surface area contributed by atoms with Crippen molar-refractivity contribution in [2.24, 2.45) is 0 Å². The van der Waals surface area contributed by atoms with Crippen molar-refractivity contribution in [1.82, 2.24) is 19.6 Å².